The van der Waals surface area contributed by atoms with Crippen LogP contribution >= 0.6 is 0 Å². The van der Waals surface area contributed by atoms with Gasteiger partial charge in [-0.3, -0.25) is 4.90 Å². The number of rotatable bonds is 4. The van der Waals surface area contributed by atoms with Crippen molar-refractivity contribution in [3.63, 3.8) is 0 Å². The maximum absolute atomic E-state index is 5.78. The van der Waals surface area contributed by atoms with Gasteiger partial charge < -0.3 is 9.26 Å². The van der Waals surface area contributed by atoms with E-state index in [0.29, 0.717) is 24.0 Å². The molecule has 1 aliphatic rings. The molecule has 1 aliphatic heterocycles. The lowest BCUT2D eigenvalue weighted by Gasteiger charge is -2.31. The maximum atomic E-state index is 5.78. The molecule has 3 heterocycles. The topological polar surface area (TPSA) is 93.0 Å². The van der Waals surface area contributed by atoms with Crippen LogP contribution in [0.4, 0.5) is 0 Å². The molecule has 8 heteroatoms. The quantitative estimate of drug-likeness (QED) is 0.779. The molecule has 118 valence electrons. The number of benzene rings is 1. The molecule has 0 radical (unpaired) electrons. The molecular weight excluding hydrogens is 296 g/mol. The van der Waals surface area contributed by atoms with Gasteiger partial charge in [-0.1, -0.05) is 35.5 Å². The fourth-order valence-electron chi connectivity index (χ4n) is 2.62. The van der Waals surface area contributed by atoms with Gasteiger partial charge in [0.15, 0.2) is 5.69 Å². The van der Waals surface area contributed by atoms with E-state index in [0.717, 1.165) is 19.6 Å². The molecule has 23 heavy (non-hydrogen) atoms. The second-order valence-electron chi connectivity index (χ2n) is 5.39. The molecule has 0 bridgehead atoms. The van der Waals surface area contributed by atoms with Gasteiger partial charge in [0.1, 0.15) is 6.10 Å². The van der Waals surface area contributed by atoms with Crippen LogP contribution in [0, 0.1) is 0 Å². The van der Waals surface area contributed by atoms with Crippen molar-refractivity contribution in [3.05, 3.63) is 48.0 Å². The van der Waals surface area contributed by atoms with Crippen LogP contribution in [0.2, 0.25) is 0 Å². The molecule has 1 saturated heterocycles. The second kappa shape index (κ2) is 6.27. The van der Waals surface area contributed by atoms with Crippen molar-refractivity contribution in [2.75, 3.05) is 19.7 Å². The molecule has 4 rings (SSSR count). The zero-order valence-corrected chi connectivity index (χ0v) is 12.4. The van der Waals surface area contributed by atoms with Crippen LogP contribution in [0.3, 0.4) is 0 Å². The minimum Gasteiger partial charge on any atom is -0.366 e. The van der Waals surface area contributed by atoms with E-state index in [2.05, 4.69) is 54.7 Å². The number of ether oxygens (including phenoxy) is 1. The van der Waals surface area contributed by atoms with E-state index >= 15 is 0 Å². The molecule has 8 nitrogen and oxygen atoms in total. The average Bonchev–Trinajstić information content (AvgIpc) is 3.28. The Morgan fingerprint density at radius 3 is 3.00 bits per heavy atom. The van der Waals surface area contributed by atoms with Crippen LogP contribution in [0.25, 0.3) is 11.5 Å². The van der Waals surface area contributed by atoms with Gasteiger partial charge in [-0.2, -0.15) is 20.4 Å². The molecule has 1 aromatic carbocycles. The number of aromatic nitrogens is 5. The Kier molecular flexibility index (Phi) is 3.83. The Balaban J connectivity index is 1.45. The highest BCUT2D eigenvalue weighted by atomic mass is 16.5. The SMILES string of the molecule is c1ccc(CN2CCOC(c3nc(-c4cn[nH]n4)no3)C2)cc1. The summed E-state index contributed by atoms with van der Waals surface area (Å²) in [5, 5.41) is 14.2. The van der Waals surface area contributed by atoms with Crippen molar-refractivity contribution in [2.45, 2.75) is 12.6 Å². The minimum atomic E-state index is -0.222. The van der Waals surface area contributed by atoms with Crippen LogP contribution in [-0.4, -0.2) is 50.1 Å². The first kappa shape index (κ1) is 14.0. The van der Waals surface area contributed by atoms with E-state index in [1.165, 1.54) is 5.56 Å². The lowest BCUT2D eigenvalue weighted by molar-refractivity contribution is -0.0475. The third kappa shape index (κ3) is 3.13. The Bertz CT molecular complexity index is 742. The van der Waals surface area contributed by atoms with Gasteiger partial charge in [0.2, 0.25) is 5.82 Å². The van der Waals surface area contributed by atoms with Crippen LogP contribution in [0.1, 0.15) is 17.6 Å². The average molecular weight is 312 g/mol. The van der Waals surface area contributed by atoms with E-state index in [1.807, 2.05) is 6.07 Å². The van der Waals surface area contributed by atoms with Gasteiger partial charge in [0, 0.05) is 19.6 Å². The number of nitrogens with zero attached hydrogens (tertiary/aromatic N) is 5. The monoisotopic (exact) mass is 312 g/mol. The highest BCUT2D eigenvalue weighted by Crippen LogP contribution is 2.23. The number of nitrogens with one attached hydrogen (secondary N) is 1. The van der Waals surface area contributed by atoms with Gasteiger partial charge in [0.05, 0.1) is 12.8 Å². The molecule has 0 amide bonds. The highest BCUT2D eigenvalue weighted by molar-refractivity contribution is 5.44. The highest BCUT2D eigenvalue weighted by Gasteiger charge is 2.27. The first-order valence-electron chi connectivity index (χ1n) is 7.46. The summed E-state index contributed by atoms with van der Waals surface area (Å²) in [5.74, 6) is 0.887. The van der Waals surface area contributed by atoms with Crippen molar-refractivity contribution in [1.82, 2.24) is 30.5 Å². The Labute approximate surface area is 132 Å². The molecule has 0 aliphatic carbocycles. The lowest BCUT2D eigenvalue weighted by atomic mass is 10.2. The molecular formula is C15H16N6O2. The molecule has 1 fully saturated rings. The number of morpholine rings is 1. The van der Waals surface area contributed by atoms with E-state index in [-0.39, 0.29) is 6.10 Å². The predicted octanol–water partition coefficient (Wildman–Crippen LogP) is 1.43. The summed E-state index contributed by atoms with van der Waals surface area (Å²) in [5.41, 5.74) is 1.83. The Morgan fingerprint density at radius 1 is 1.26 bits per heavy atom. The third-order valence-electron chi connectivity index (χ3n) is 3.76. The molecule has 3 aromatic rings. The van der Waals surface area contributed by atoms with Crippen molar-refractivity contribution >= 4 is 0 Å². The number of aromatic amines is 1. The summed E-state index contributed by atoms with van der Waals surface area (Å²) >= 11 is 0. The van der Waals surface area contributed by atoms with Crippen LogP contribution in [0.5, 0.6) is 0 Å². The fraction of sp³-hybridized carbons (Fsp3) is 0.333. The van der Waals surface area contributed by atoms with Gasteiger partial charge in [-0.05, 0) is 5.56 Å². The third-order valence-corrected chi connectivity index (χ3v) is 3.76. The van der Waals surface area contributed by atoms with Crippen molar-refractivity contribution in [3.8, 4) is 11.5 Å². The van der Waals surface area contributed by atoms with E-state index in [1.54, 1.807) is 6.20 Å². The molecule has 1 atom stereocenters. The van der Waals surface area contributed by atoms with Gasteiger partial charge >= 0.3 is 0 Å². The molecule has 1 N–H and O–H groups in total. The predicted molar refractivity (Wildman–Crippen MR) is 80.1 cm³/mol. The van der Waals surface area contributed by atoms with Crippen LogP contribution in [0.15, 0.2) is 41.1 Å². The lowest BCUT2D eigenvalue weighted by Crippen LogP contribution is -2.37. The van der Waals surface area contributed by atoms with Gasteiger partial charge in [-0.15, -0.1) is 0 Å². The van der Waals surface area contributed by atoms with Crippen LogP contribution in [-0.2, 0) is 11.3 Å². The zero-order valence-electron chi connectivity index (χ0n) is 12.4. The van der Waals surface area contributed by atoms with Crippen molar-refractivity contribution < 1.29 is 9.26 Å². The van der Waals surface area contributed by atoms with Gasteiger partial charge in [-0.25, -0.2) is 0 Å². The Morgan fingerprint density at radius 2 is 2.17 bits per heavy atom. The summed E-state index contributed by atoms with van der Waals surface area (Å²) in [4.78, 5) is 6.69. The maximum Gasteiger partial charge on any atom is 0.257 e. The minimum absolute atomic E-state index is 0.222. The number of hydrogen-bond acceptors (Lipinski definition) is 7. The van der Waals surface area contributed by atoms with Gasteiger partial charge in [0.25, 0.3) is 5.89 Å². The summed E-state index contributed by atoms with van der Waals surface area (Å²) in [7, 11) is 0. The normalized spacial score (nSPS) is 19.0. The molecule has 1 unspecified atom stereocenters. The standard InChI is InChI=1S/C15H16N6O2/c1-2-4-11(5-3-1)9-21-6-7-22-13(10-21)15-17-14(19-23-15)12-8-16-20-18-12/h1-5,8,13H,6-7,9-10H2,(H,16,18,20). The first-order valence-corrected chi connectivity index (χ1v) is 7.46. The second-order valence-corrected chi connectivity index (χ2v) is 5.39. The number of hydrogen-bond donors (Lipinski definition) is 1. The molecule has 2 aromatic heterocycles. The molecule has 0 spiro atoms. The Hall–Kier alpha value is -2.58. The zero-order chi connectivity index (χ0) is 15.5. The van der Waals surface area contributed by atoms with Crippen molar-refractivity contribution in [1.29, 1.82) is 0 Å². The largest absolute Gasteiger partial charge is 0.366 e. The van der Waals surface area contributed by atoms with Crippen LogP contribution < -0.4 is 0 Å². The van der Waals surface area contributed by atoms with E-state index < -0.39 is 0 Å². The first-order chi connectivity index (χ1) is 11.4. The van der Waals surface area contributed by atoms with E-state index in [9.17, 15) is 0 Å². The van der Waals surface area contributed by atoms with Crippen molar-refractivity contribution in [2.24, 2.45) is 0 Å². The van der Waals surface area contributed by atoms with E-state index in [4.69, 9.17) is 9.26 Å². The summed E-state index contributed by atoms with van der Waals surface area (Å²) in [6.45, 7) is 3.12. The number of H-pyrrole nitrogens is 1. The summed E-state index contributed by atoms with van der Waals surface area (Å²) in [6.07, 6.45) is 1.33. The smallest absolute Gasteiger partial charge is 0.257 e. The summed E-state index contributed by atoms with van der Waals surface area (Å²) < 4.78 is 11.1. The summed E-state index contributed by atoms with van der Waals surface area (Å²) in [6, 6.07) is 10.4. The molecule has 0 saturated carbocycles. The fourth-order valence-corrected chi connectivity index (χ4v) is 2.62.